The number of amides is 1. The lowest BCUT2D eigenvalue weighted by molar-refractivity contribution is 0.102. The van der Waals surface area contributed by atoms with Crippen molar-refractivity contribution in [2.45, 2.75) is 30.1 Å². The highest BCUT2D eigenvalue weighted by molar-refractivity contribution is 7.84. The average Bonchev–Trinajstić information content (AvgIpc) is 3.33. The zero-order valence-electron chi connectivity index (χ0n) is 21.9. The number of carbonyl (C=O) groups excluding carboxylic acids is 2. The van der Waals surface area contributed by atoms with Crippen molar-refractivity contribution in [2.75, 3.05) is 18.6 Å². The Bertz CT molecular complexity index is 1560. The molecule has 0 radical (unpaired) electrons. The first-order valence-corrected chi connectivity index (χ1v) is 14.4. The van der Waals surface area contributed by atoms with Crippen molar-refractivity contribution in [3.05, 3.63) is 94.7 Å². The molecule has 1 aliphatic rings. The summed E-state index contributed by atoms with van der Waals surface area (Å²) in [5.41, 5.74) is 10.2. The molecule has 3 N–H and O–H groups in total. The number of nitrogens with one attached hydrogen (secondary N) is 1. The summed E-state index contributed by atoms with van der Waals surface area (Å²) >= 11 is 0. The second kappa shape index (κ2) is 11.7. The highest BCUT2D eigenvalue weighted by Crippen LogP contribution is 2.39. The number of anilines is 1. The molecule has 10 heteroatoms. The normalized spacial score (nSPS) is 14.1. The Morgan fingerprint density at radius 2 is 1.82 bits per heavy atom. The zero-order valence-corrected chi connectivity index (χ0v) is 23.9. The van der Waals surface area contributed by atoms with Gasteiger partial charge in [-0.15, -0.1) is 0 Å². The summed E-state index contributed by atoms with van der Waals surface area (Å²) in [4.78, 5) is 25.7. The predicted molar refractivity (Wildman–Crippen MR) is 157 cm³/mol. The summed E-state index contributed by atoms with van der Waals surface area (Å²) in [5.74, 6) is -0.414. The van der Waals surface area contributed by atoms with Gasteiger partial charge < -0.3 is 11.1 Å². The maximum Gasteiger partial charge on any atom is 0.256 e. The van der Waals surface area contributed by atoms with Gasteiger partial charge in [0.05, 0.1) is 11.4 Å². The zero-order chi connectivity index (χ0) is 28.3. The highest BCUT2D eigenvalue weighted by atomic mass is 32.2. The number of rotatable bonds is 6. The third kappa shape index (κ3) is 5.76. The van der Waals surface area contributed by atoms with Crippen molar-refractivity contribution >= 4 is 37.9 Å². The fourth-order valence-corrected chi connectivity index (χ4v) is 5.48. The van der Waals surface area contributed by atoms with E-state index in [1.165, 1.54) is 14.0 Å². The molecule has 1 amide bonds. The molecule has 0 aliphatic heterocycles. The van der Waals surface area contributed by atoms with Crippen LogP contribution in [0.25, 0.3) is 16.9 Å². The number of carbonyl (C=O) groups is 2. The number of nitrogens with zero attached hydrogens (tertiary/aromatic N) is 2. The van der Waals surface area contributed by atoms with Gasteiger partial charge in [0.2, 0.25) is 0 Å². The van der Waals surface area contributed by atoms with E-state index in [9.17, 15) is 18.2 Å². The molecule has 3 atom stereocenters. The number of halogens is 1. The van der Waals surface area contributed by atoms with Gasteiger partial charge >= 0.3 is 0 Å². The standard InChI is InChI=1S/C28H25FN3O3PS.CH5N/c1-28(29,36)24-6-4-3-5-21(24)27(34)30-18-9-7-17-8-14-22-25(16-33)31-32(26(22)23(17)15-18)19-10-12-20(13-11-19)37(2)35;1-2/h3-7,9-13,15-16H,8,14,36H2,1-2H3,(H,30,34);2H2,1H3. The number of aldehydes is 1. The first-order chi connectivity index (χ1) is 18.7. The number of aryl methyl sites for hydroxylation is 1. The average molecular weight is 565 g/mol. The Labute approximate surface area is 231 Å². The van der Waals surface area contributed by atoms with E-state index in [-0.39, 0.29) is 11.1 Å². The van der Waals surface area contributed by atoms with Crippen LogP contribution in [0.4, 0.5) is 10.1 Å². The topological polar surface area (TPSA) is 107 Å². The SMILES string of the molecule is CN.CS(=O)c1ccc(-n2nc(C=O)c3c2-c2cc(NC(=O)c4ccccc4C(C)(F)P)ccc2CC3)cc1. The molecule has 39 heavy (non-hydrogen) atoms. The van der Waals surface area contributed by atoms with Gasteiger partial charge in [-0.1, -0.05) is 33.5 Å². The van der Waals surface area contributed by atoms with Crippen LogP contribution in [-0.4, -0.2) is 39.5 Å². The van der Waals surface area contributed by atoms with Crippen molar-refractivity contribution in [2.24, 2.45) is 5.73 Å². The van der Waals surface area contributed by atoms with Gasteiger partial charge in [-0.05, 0) is 74.8 Å². The van der Waals surface area contributed by atoms with Crippen molar-refractivity contribution < 1.29 is 18.2 Å². The molecule has 7 nitrogen and oxygen atoms in total. The van der Waals surface area contributed by atoms with Gasteiger partial charge in [-0.3, -0.25) is 13.8 Å². The fraction of sp³-hybridized carbons (Fsp3) is 0.207. The monoisotopic (exact) mass is 564 g/mol. The molecule has 1 aromatic heterocycles. The van der Waals surface area contributed by atoms with Crippen molar-refractivity contribution in [3.63, 3.8) is 0 Å². The lowest BCUT2D eigenvalue weighted by Crippen LogP contribution is -2.18. The molecular weight excluding hydrogens is 534 g/mol. The summed E-state index contributed by atoms with van der Waals surface area (Å²) in [6.07, 6.45) is 3.77. The minimum Gasteiger partial charge on any atom is -0.333 e. The molecule has 4 aromatic rings. The molecule has 3 aromatic carbocycles. The third-order valence-corrected chi connectivity index (χ3v) is 7.75. The molecule has 0 saturated heterocycles. The predicted octanol–water partition coefficient (Wildman–Crippen LogP) is 5.03. The van der Waals surface area contributed by atoms with Crippen LogP contribution in [0.5, 0.6) is 0 Å². The molecule has 3 unspecified atom stereocenters. The first kappa shape index (κ1) is 28.5. The summed E-state index contributed by atoms with van der Waals surface area (Å²) in [5, 5.41) is 5.72. The first-order valence-electron chi connectivity index (χ1n) is 12.3. The summed E-state index contributed by atoms with van der Waals surface area (Å²) in [6.45, 7) is 1.39. The van der Waals surface area contributed by atoms with Gasteiger partial charge in [0.15, 0.2) is 6.29 Å². The minimum atomic E-state index is -1.75. The van der Waals surface area contributed by atoms with E-state index in [0.29, 0.717) is 22.7 Å². The smallest absolute Gasteiger partial charge is 0.256 e. The number of hydrogen-bond donors (Lipinski definition) is 2. The Balaban J connectivity index is 0.00000172. The number of benzene rings is 3. The van der Waals surface area contributed by atoms with E-state index >= 15 is 0 Å². The molecule has 0 fully saturated rings. The van der Waals surface area contributed by atoms with Crippen LogP contribution >= 0.6 is 9.24 Å². The third-order valence-electron chi connectivity index (χ3n) is 6.50. The summed E-state index contributed by atoms with van der Waals surface area (Å²) in [6, 6.07) is 19.5. The molecular formula is C29H30FN4O3PS. The van der Waals surface area contributed by atoms with Crippen LogP contribution in [0.15, 0.2) is 71.6 Å². The Hall–Kier alpha value is -3.52. The van der Waals surface area contributed by atoms with Crippen LogP contribution in [0, 0.1) is 0 Å². The van der Waals surface area contributed by atoms with E-state index in [0.717, 1.165) is 40.8 Å². The quantitative estimate of drug-likeness (QED) is 0.252. The number of aromatic nitrogens is 2. The van der Waals surface area contributed by atoms with Crippen molar-refractivity contribution in [1.82, 2.24) is 9.78 Å². The Morgan fingerprint density at radius 3 is 2.46 bits per heavy atom. The molecule has 1 heterocycles. The van der Waals surface area contributed by atoms with E-state index in [1.54, 1.807) is 47.3 Å². The van der Waals surface area contributed by atoms with Crippen LogP contribution in [0.2, 0.25) is 0 Å². The van der Waals surface area contributed by atoms with Crippen LogP contribution in [0.1, 0.15) is 44.5 Å². The number of fused-ring (bicyclic) bond motifs is 3. The number of alkyl halides is 1. The summed E-state index contributed by atoms with van der Waals surface area (Å²) < 4.78 is 28.3. The lowest BCUT2D eigenvalue weighted by Gasteiger charge is -2.21. The largest absolute Gasteiger partial charge is 0.333 e. The molecule has 0 spiro atoms. The van der Waals surface area contributed by atoms with E-state index in [2.05, 4.69) is 25.4 Å². The van der Waals surface area contributed by atoms with Crippen LogP contribution < -0.4 is 11.1 Å². The van der Waals surface area contributed by atoms with Gasteiger partial charge in [0.1, 0.15) is 11.1 Å². The van der Waals surface area contributed by atoms with Crippen molar-refractivity contribution in [3.8, 4) is 16.9 Å². The maximum atomic E-state index is 14.7. The molecule has 0 saturated carbocycles. The minimum absolute atomic E-state index is 0.252. The van der Waals surface area contributed by atoms with E-state index in [1.807, 2.05) is 30.3 Å². The summed E-state index contributed by atoms with van der Waals surface area (Å²) in [7, 11) is 2.52. The van der Waals surface area contributed by atoms with Gasteiger partial charge in [0.25, 0.3) is 5.91 Å². The number of hydrogen-bond acceptors (Lipinski definition) is 5. The maximum absolute atomic E-state index is 14.7. The number of nitrogens with two attached hydrogens (primary N) is 1. The van der Waals surface area contributed by atoms with E-state index < -0.39 is 22.1 Å². The van der Waals surface area contributed by atoms with Crippen molar-refractivity contribution in [1.29, 1.82) is 0 Å². The van der Waals surface area contributed by atoms with E-state index in [4.69, 9.17) is 0 Å². The van der Waals surface area contributed by atoms with Gasteiger partial charge in [0, 0.05) is 49.9 Å². The second-order valence-corrected chi connectivity index (χ2v) is 11.6. The van der Waals surface area contributed by atoms with Gasteiger partial charge in [-0.2, -0.15) is 5.10 Å². The molecule has 0 bridgehead atoms. The molecule has 5 rings (SSSR count). The second-order valence-electron chi connectivity index (χ2n) is 9.14. The van der Waals surface area contributed by atoms with Gasteiger partial charge in [-0.25, -0.2) is 9.07 Å². The van der Waals surface area contributed by atoms with Crippen LogP contribution in [-0.2, 0) is 29.1 Å². The Kier molecular flexibility index (Phi) is 8.54. The highest BCUT2D eigenvalue weighted by Gasteiger charge is 2.28. The van der Waals surface area contributed by atoms with Crippen LogP contribution in [0.3, 0.4) is 0 Å². The Morgan fingerprint density at radius 1 is 1.13 bits per heavy atom. The lowest BCUT2D eigenvalue weighted by atomic mass is 9.88. The molecule has 202 valence electrons. The molecule has 1 aliphatic carbocycles. The fourth-order valence-electron chi connectivity index (χ4n) is 4.71.